The highest BCUT2D eigenvalue weighted by molar-refractivity contribution is 7.85. The Morgan fingerprint density at radius 1 is 1.53 bits per heavy atom. The highest BCUT2D eigenvalue weighted by atomic mass is 32.2. The van der Waals surface area contributed by atoms with Crippen molar-refractivity contribution in [3.05, 3.63) is 10.6 Å². The van der Waals surface area contributed by atoms with Gasteiger partial charge in [-0.15, -0.1) is 11.3 Å². The van der Waals surface area contributed by atoms with Gasteiger partial charge in [0.1, 0.15) is 0 Å². The van der Waals surface area contributed by atoms with Gasteiger partial charge in [-0.05, 0) is 26.7 Å². The maximum atomic E-state index is 11.7. The first kappa shape index (κ1) is 14.5. The van der Waals surface area contributed by atoms with Crippen LogP contribution in [-0.4, -0.2) is 39.3 Å². The summed E-state index contributed by atoms with van der Waals surface area (Å²) >= 11 is 1.46. The summed E-state index contributed by atoms with van der Waals surface area (Å²) in [6.07, 6.45) is 1.78. The van der Waals surface area contributed by atoms with Crippen molar-refractivity contribution in [1.29, 1.82) is 0 Å². The largest absolute Gasteiger partial charge is 0.461 e. The minimum atomic E-state index is -0.659. The van der Waals surface area contributed by atoms with Crippen molar-refractivity contribution >= 4 is 33.2 Å². The Bertz CT molecular complexity index is 477. The fourth-order valence-corrected chi connectivity index (χ4v) is 4.14. The number of esters is 1. The van der Waals surface area contributed by atoms with E-state index in [0.717, 1.165) is 34.4 Å². The number of nitrogens with one attached hydrogen (secondary N) is 1. The van der Waals surface area contributed by atoms with Gasteiger partial charge < -0.3 is 10.1 Å². The molecule has 0 unspecified atom stereocenters. The summed E-state index contributed by atoms with van der Waals surface area (Å²) < 4.78 is 16.3. The van der Waals surface area contributed by atoms with Crippen molar-refractivity contribution in [2.75, 3.05) is 23.4 Å². The SMILES string of the molecule is CCOC(=O)c1nc(NC2CCS(=O)CC2)sc1C. The normalized spacial score (nSPS) is 23.1. The van der Waals surface area contributed by atoms with Crippen molar-refractivity contribution < 1.29 is 13.7 Å². The van der Waals surface area contributed by atoms with Gasteiger partial charge in [0.25, 0.3) is 0 Å². The number of anilines is 1. The van der Waals surface area contributed by atoms with E-state index in [9.17, 15) is 9.00 Å². The molecule has 1 aliphatic rings. The molecule has 0 amide bonds. The second kappa shape index (κ2) is 6.47. The van der Waals surface area contributed by atoms with E-state index in [2.05, 4.69) is 10.3 Å². The fraction of sp³-hybridized carbons (Fsp3) is 0.667. The molecular weight excluding hydrogens is 284 g/mol. The van der Waals surface area contributed by atoms with Crippen LogP contribution in [0.15, 0.2) is 0 Å². The van der Waals surface area contributed by atoms with Crippen LogP contribution in [0.1, 0.15) is 35.1 Å². The van der Waals surface area contributed by atoms with Crippen LogP contribution in [0.4, 0.5) is 5.13 Å². The molecule has 7 heteroatoms. The summed E-state index contributed by atoms with van der Waals surface area (Å²) in [7, 11) is -0.659. The molecule has 1 saturated heterocycles. The number of ether oxygens (including phenoxy) is 1. The van der Waals surface area contributed by atoms with Crippen LogP contribution >= 0.6 is 11.3 Å². The molecule has 2 rings (SSSR count). The minimum absolute atomic E-state index is 0.304. The Hall–Kier alpha value is -0.950. The molecule has 1 aliphatic heterocycles. The van der Waals surface area contributed by atoms with Crippen molar-refractivity contribution in [3.8, 4) is 0 Å². The number of hydrogen-bond acceptors (Lipinski definition) is 6. The summed E-state index contributed by atoms with van der Waals surface area (Å²) in [5, 5.41) is 4.07. The molecule has 2 heterocycles. The first-order valence-electron chi connectivity index (χ1n) is 6.36. The van der Waals surface area contributed by atoms with E-state index >= 15 is 0 Å². The second-order valence-electron chi connectivity index (χ2n) is 4.41. The monoisotopic (exact) mass is 302 g/mol. The molecule has 0 atom stereocenters. The van der Waals surface area contributed by atoms with E-state index in [-0.39, 0.29) is 5.97 Å². The summed E-state index contributed by atoms with van der Waals surface area (Å²) in [4.78, 5) is 16.8. The number of aryl methyl sites for hydroxylation is 1. The molecule has 1 aromatic rings. The lowest BCUT2D eigenvalue weighted by Gasteiger charge is -2.21. The van der Waals surface area contributed by atoms with Crippen molar-refractivity contribution in [3.63, 3.8) is 0 Å². The molecule has 1 fully saturated rings. The maximum Gasteiger partial charge on any atom is 0.358 e. The number of hydrogen-bond donors (Lipinski definition) is 1. The average molecular weight is 302 g/mol. The van der Waals surface area contributed by atoms with Crippen molar-refractivity contribution in [2.45, 2.75) is 32.7 Å². The third-order valence-electron chi connectivity index (χ3n) is 2.98. The Morgan fingerprint density at radius 3 is 2.84 bits per heavy atom. The summed E-state index contributed by atoms with van der Waals surface area (Å²) in [5.74, 6) is 1.12. The highest BCUT2D eigenvalue weighted by Gasteiger charge is 2.21. The topological polar surface area (TPSA) is 68.3 Å². The zero-order valence-electron chi connectivity index (χ0n) is 11.1. The zero-order valence-corrected chi connectivity index (χ0v) is 12.7. The summed E-state index contributed by atoms with van der Waals surface area (Å²) in [6.45, 7) is 4.00. The fourth-order valence-electron chi connectivity index (χ4n) is 1.96. The Kier molecular flexibility index (Phi) is 4.93. The van der Waals surface area contributed by atoms with Gasteiger partial charge in [-0.25, -0.2) is 9.78 Å². The predicted octanol–water partition coefficient (Wildman–Crippen LogP) is 1.95. The number of carbonyl (C=O) groups excluding carboxylic acids is 1. The Morgan fingerprint density at radius 2 is 2.21 bits per heavy atom. The zero-order chi connectivity index (χ0) is 13.8. The predicted molar refractivity (Wildman–Crippen MR) is 77.3 cm³/mol. The van der Waals surface area contributed by atoms with Crippen molar-refractivity contribution in [1.82, 2.24) is 4.98 Å². The minimum Gasteiger partial charge on any atom is -0.461 e. The number of thiazole rings is 1. The molecule has 5 nitrogen and oxygen atoms in total. The molecule has 0 aliphatic carbocycles. The number of carbonyl (C=O) groups is 1. The molecule has 1 N–H and O–H groups in total. The van der Waals surface area contributed by atoms with E-state index in [1.165, 1.54) is 11.3 Å². The van der Waals surface area contributed by atoms with Crippen LogP contribution in [-0.2, 0) is 15.5 Å². The molecule has 0 saturated carbocycles. The molecule has 19 heavy (non-hydrogen) atoms. The molecule has 0 bridgehead atoms. The van der Waals surface area contributed by atoms with Crippen molar-refractivity contribution in [2.24, 2.45) is 0 Å². The molecule has 0 radical (unpaired) electrons. The lowest BCUT2D eigenvalue weighted by molar-refractivity contribution is 0.0519. The summed E-state index contributed by atoms with van der Waals surface area (Å²) in [5.41, 5.74) is 0.397. The van der Waals surface area contributed by atoms with E-state index in [1.807, 2.05) is 6.92 Å². The molecule has 106 valence electrons. The van der Waals surface area contributed by atoms with Crippen LogP contribution in [0.2, 0.25) is 0 Å². The third-order valence-corrected chi connectivity index (χ3v) is 5.27. The quantitative estimate of drug-likeness (QED) is 0.861. The smallest absolute Gasteiger partial charge is 0.358 e. The van der Waals surface area contributed by atoms with E-state index < -0.39 is 10.8 Å². The summed E-state index contributed by atoms with van der Waals surface area (Å²) in [6, 6.07) is 0.304. The first-order valence-corrected chi connectivity index (χ1v) is 8.66. The third kappa shape index (κ3) is 3.76. The first-order chi connectivity index (χ1) is 9.10. The van der Waals surface area contributed by atoms with Crippen LogP contribution in [0.5, 0.6) is 0 Å². The number of aromatic nitrogens is 1. The van der Waals surface area contributed by atoms with Gasteiger partial charge in [0, 0.05) is 33.2 Å². The lowest BCUT2D eigenvalue weighted by Crippen LogP contribution is -2.29. The van der Waals surface area contributed by atoms with E-state index in [4.69, 9.17) is 4.74 Å². The van der Waals surface area contributed by atoms with E-state index in [0.29, 0.717) is 18.3 Å². The van der Waals surface area contributed by atoms with E-state index in [1.54, 1.807) is 6.92 Å². The number of rotatable bonds is 4. The van der Waals surface area contributed by atoms with Crippen LogP contribution in [0.25, 0.3) is 0 Å². The maximum absolute atomic E-state index is 11.7. The highest BCUT2D eigenvalue weighted by Crippen LogP contribution is 2.25. The van der Waals surface area contributed by atoms with Gasteiger partial charge in [-0.3, -0.25) is 4.21 Å². The van der Waals surface area contributed by atoms with Gasteiger partial charge in [0.2, 0.25) is 0 Å². The molecule has 1 aromatic heterocycles. The number of nitrogens with zero attached hydrogens (tertiary/aromatic N) is 1. The second-order valence-corrected chi connectivity index (χ2v) is 7.31. The van der Waals surface area contributed by atoms with Gasteiger partial charge in [0.05, 0.1) is 6.61 Å². The van der Waals surface area contributed by atoms with Gasteiger partial charge in [-0.2, -0.15) is 0 Å². The van der Waals surface area contributed by atoms with Gasteiger partial charge >= 0.3 is 5.97 Å². The molecule has 0 spiro atoms. The van der Waals surface area contributed by atoms with Gasteiger partial charge in [-0.1, -0.05) is 0 Å². The molecular formula is C12H18N2O3S2. The Balaban J connectivity index is 2.00. The Labute approximate surface area is 119 Å². The van der Waals surface area contributed by atoms with Gasteiger partial charge in [0.15, 0.2) is 10.8 Å². The van der Waals surface area contributed by atoms with Crippen LogP contribution in [0.3, 0.4) is 0 Å². The van der Waals surface area contributed by atoms with Crippen LogP contribution < -0.4 is 5.32 Å². The standard InChI is InChI=1S/C12H18N2O3S2/c1-3-17-11(15)10-8(2)18-12(14-10)13-9-4-6-19(16)7-5-9/h9H,3-7H2,1-2H3,(H,13,14). The average Bonchev–Trinajstić information content (AvgIpc) is 2.74. The van der Waals surface area contributed by atoms with Crippen LogP contribution in [0, 0.1) is 6.92 Å². The lowest BCUT2D eigenvalue weighted by atomic mass is 10.2. The molecule has 0 aromatic carbocycles.